The third kappa shape index (κ3) is 6.26. The molecular formula is C13H20O4. The summed E-state index contributed by atoms with van der Waals surface area (Å²) < 4.78 is 15.9. The van der Waals surface area contributed by atoms with Gasteiger partial charge in [0.05, 0.1) is 26.4 Å². The van der Waals surface area contributed by atoms with Crippen molar-refractivity contribution in [1.29, 1.82) is 0 Å². The van der Waals surface area contributed by atoms with Gasteiger partial charge < -0.3 is 19.3 Å². The SMILES string of the molecule is CCOCc1cccc(OCCOCCO)c1. The minimum Gasteiger partial charge on any atom is -0.491 e. The Hall–Kier alpha value is -1.10. The Morgan fingerprint density at radius 2 is 2.00 bits per heavy atom. The van der Waals surface area contributed by atoms with Crippen LogP contribution >= 0.6 is 0 Å². The van der Waals surface area contributed by atoms with Crippen molar-refractivity contribution in [2.75, 3.05) is 33.0 Å². The molecular weight excluding hydrogens is 220 g/mol. The molecule has 1 N–H and O–H groups in total. The lowest BCUT2D eigenvalue weighted by Gasteiger charge is -2.08. The highest BCUT2D eigenvalue weighted by molar-refractivity contribution is 5.28. The fourth-order valence-electron chi connectivity index (χ4n) is 1.33. The van der Waals surface area contributed by atoms with Crippen molar-refractivity contribution in [3.8, 4) is 5.75 Å². The van der Waals surface area contributed by atoms with Crippen LogP contribution in [-0.4, -0.2) is 38.1 Å². The van der Waals surface area contributed by atoms with E-state index in [4.69, 9.17) is 19.3 Å². The summed E-state index contributed by atoms with van der Waals surface area (Å²) >= 11 is 0. The molecule has 0 bridgehead atoms. The van der Waals surface area contributed by atoms with E-state index < -0.39 is 0 Å². The fraction of sp³-hybridized carbons (Fsp3) is 0.538. The Morgan fingerprint density at radius 3 is 2.76 bits per heavy atom. The Morgan fingerprint density at radius 1 is 1.12 bits per heavy atom. The third-order valence-electron chi connectivity index (χ3n) is 2.10. The highest BCUT2D eigenvalue weighted by atomic mass is 16.5. The van der Waals surface area contributed by atoms with E-state index in [-0.39, 0.29) is 6.61 Å². The number of ether oxygens (including phenoxy) is 3. The van der Waals surface area contributed by atoms with Gasteiger partial charge in [-0.25, -0.2) is 0 Å². The average Bonchev–Trinajstić information content (AvgIpc) is 2.37. The van der Waals surface area contributed by atoms with Gasteiger partial charge in [-0.15, -0.1) is 0 Å². The minimum absolute atomic E-state index is 0.0455. The monoisotopic (exact) mass is 240 g/mol. The Kier molecular flexibility index (Phi) is 7.38. The first-order chi connectivity index (χ1) is 8.36. The van der Waals surface area contributed by atoms with Gasteiger partial charge in [0.2, 0.25) is 0 Å². The van der Waals surface area contributed by atoms with Crippen molar-refractivity contribution in [2.45, 2.75) is 13.5 Å². The van der Waals surface area contributed by atoms with Crippen LogP contribution in [-0.2, 0) is 16.1 Å². The van der Waals surface area contributed by atoms with E-state index in [0.717, 1.165) is 11.3 Å². The zero-order chi connectivity index (χ0) is 12.3. The van der Waals surface area contributed by atoms with E-state index in [1.165, 1.54) is 0 Å². The molecule has 0 aromatic heterocycles. The summed E-state index contributed by atoms with van der Waals surface area (Å²) in [5.41, 5.74) is 1.10. The Labute approximate surface area is 102 Å². The second-order valence-corrected chi connectivity index (χ2v) is 3.47. The van der Waals surface area contributed by atoms with Crippen molar-refractivity contribution in [3.05, 3.63) is 29.8 Å². The number of hydrogen-bond acceptors (Lipinski definition) is 4. The van der Waals surface area contributed by atoms with Crippen molar-refractivity contribution >= 4 is 0 Å². The van der Waals surface area contributed by atoms with Gasteiger partial charge in [-0.2, -0.15) is 0 Å². The van der Waals surface area contributed by atoms with Gasteiger partial charge in [0.25, 0.3) is 0 Å². The average molecular weight is 240 g/mol. The highest BCUT2D eigenvalue weighted by Gasteiger charge is 1.97. The van der Waals surface area contributed by atoms with E-state index in [1.54, 1.807) is 0 Å². The van der Waals surface area contributed by atoms with Crippen LogP contribution in [0.1, 0.15) is 12.5 Å². The second-order valence-electron chi connectivity index (χ2n) is 3.47. The first-order valence-electron chi connectivity index (χ1n) is 5.85. The maximum atomic E-state index is 8.52. The van der Waals surface area contributed by atoms with Gasteiger partial charge >= 0.3 is 0 Å². The normalized spacial score (nSPS) is 10.5. The number of hydrogen-bond donors (Lipinski definition) is 1. The highest BCUT2D eigenvalue weighted by Crippen LogP contribution is 2.13. The zero-order valence-electron chi connectivity index (χ0n) is 10.2. The van der Waals surface area contributed by atoms with Gasteiger partial charge in [0.15, 0.2) is 0 Å². The van der Waals surface area contributed by atoms with Crippen LogP contribution in [0.25, 0.3) is 0 Å². The molecule has 0 radical (unpaired) electrons. The van der Waals surface area contributed by atoms with E-state index in [1.807, 2.05) is 31.2 Å². The number of rotatable bonds is 9. The molecule has 1 aromatic carbocycles. The smallest absolute Gasteiger partial charge is 0.119 e. The molecule has 4 heteroatoms. The second kappa shape index (κ2) is 8.98. The molecule has 1 aromatic rings. The molecule has 0 fully saturated rings. The molecule has 0 aliphatic heterocycles. The third-order valence-corrected chi connectivity index (χ3v) is 2.10. The molecule has 0 saturated carbocycles. The molecule has 17 heavy (non-hydrogen) atoms. The zero-order valence-corrected chi connectivity index (χ0v) is 10.2. The van der Waals surface area contributed by atoms with E-state index in [9.17, 15) is 0 Å². The standard InChI is InChI=1S/C13H20O4/c1-2-15-11-12-4-3-5-13(10-12)17-9-8-16-7-6-14/h3-5,10,14H,2,6-9,11H2,1H3. The lowest BCUT2D eigenvalue weighted by Crippen LogP contribution is -2.09. The first-order valence-corrected chi connectivity index (χ1v) is 5.85. The van der Waals surface area contributed by atoms with Crippen molar-refractivity contribution in [3.63, 3.8) is 0 Å². The predicted octanol–water partition coefficient (Wildman–Crippen LogP) is 1.61. The van der Waals surface area contributed by atoms with Crippen LogP contribution in [0.4, 0.5) is 0 Å². The summed E-state index contributed by atoms with van der Waals surface area (Å²) in [6.07, 6.45) is 0. The van der Waals surface area contributed by atoms with E-state index in [0.29, 0.717) is 33.0 Å². The molecule has 0 heterocycles. The molecule has 0 unspecified atom stereocenters. The maximum absolute atomic E-state index is 8.52. The molecule has 1 rings (SSSR count). The summed E-state index contributed by atoms with van der Waals surface area (Å²) in [7, 11) is 0. The number of benzene rings is 1. The lowest BCUT2D eigenvalue weighted by molar-refractivity contribution is 0.0704. The van der Waals surface area contributed by atoms with Crippen molar-refractivity contribution in [1.82, 2.24) is 0 Å². The van der Waals surface area contributed by atoms with Gasteiger partial charge in [-0.1, -0.05) is 12.1 Å². The maximum Gasteiger partial charge on any atom is 0.119 e. The summed E-state index contributed by atoms with van der Waals surface area (Å²) in [5.74, 6) is 0.815. The quantitative estimate of drug-likeness (QED) is 0.666. The van der Waals surface area contributed by atoms with Gasteiger partial charge in [-0.05, 0) is 24.6 Å². The minimum atomic E-state index is 0.0455. The largest absolute Gasteiger partial charge is 0.491 e. The fourth-order valence-corrected chi connectivity index (χ4v) is 1.33. The first kappa shape index (κ1) is 14.0. The van der Waals surface area contributed by atoms with Crippen LogP contribution in [0, 0.1) is 0 Å². The van der Waals surface area contributed by atoms with Crippen LogP contribution in [0.15, 0.2) is 24.3 Å². The van der Waals surface area contributed by atoms with Gasteiger partial charge in [-0.3, -0.25) is 0 Å². The van der Waals surface area contributed by atoms with Crippen LogP contribution in [0.3, 0.4) is 0 Å². The molecule has 0 amide bonds. The Balaban J connectivity index is 2.27. The van der Waals surface area contributed by atoms with Crippen LogP contribution in [0.5, 0.6) is 5.75 Å². The summed E-state index contributed by atoms with van der Waals surface area (Å²) in [4.78, 5) is 0. The molecule has 0 saturated heterocycles. The number of aliphatic hydroxyl groups excluding tert-OH is 1. The summed E-state index contributed by atoms with van der Waals surface area (Å²) in [6.45, 7) is 4.65. The van der Waals surface area contributed by atoms with Crippen molar-refractivity contribution < 1.29 is 19.3 Å². The summed E-state index contributed by atoms with van der Waals surface area (Å²) in [6, 6.07) is 7.81. The molecule has 0 aliphatic carbocycles. The van der Waals surface area contributed by atoms with Gasteiger partial charge in [0, 0.05) is 6.61 Å². The molecule has 0 atom stereocenters. The molecule has 0 aliphatic rings. The van der Waals surface area contributed by atoms with Crippen LogP contribution < -0.4 is 4.74 Å². The number of aliphatic hydroxyl groups is 1. The van der Waals surface area contributed by atoms with Crippen LogP contribution in [0.2, 0.25) is 0 Å². The van der Waals surface area contributed by atoms with E-state index >= 15 is 0 Å². The summed E-state index contributed by atoms with van der Waals surface area (Å²) in [5, 5.41) is 8.52. The molecule has 96 valence electrons. The van der Waals surface area contributed by atoms with Gasteiger partial charge in [0.1, 0.15) is 12.4 Å². The predicted molar refractivity (Wildman–Crippen MR) is 65.2 cm³/mol. The lowest BCUT2D eigenvalue weighted by atomic mass is 10.2. The Bertz CT molecular complexity index is 301. The van der Waals surface area contributed by atoms with Crippen molar-refractivity contribution in [2.24, 2.45) is 0 Å². The van der Waals surface area contributed by atoms with E-state index in [2.05, 4.69) is 0 Å². The molecule has 4 nitrogen and oxygen atoms in total. The molecule has 0 spiro atoms. The topological polar surface area (TPSA) is 47.9 Å².